The summed E-state index contributed by atoms with van der Waals surface area (Å²) in [5, 5.41) is 3.13. The molecular formula is C13H24N2O2. The highest BCUT2D eigenvalue weighted by molar-refractivity contribution is 5.80. The Kier molecular flexibility index (Phi) is 3.73. The molecule has 2 aliphatic rings. The number of hydrogen-bond acceptors (Lipinski definition) is 3. The summed E-state index contributed by atoms with van der Waals surface area (Å²) in [5.74, 6) is 0.556. The van der Waals surface area contributed by atoms with Crippen molar-refractivity contribution in [1.82, 2.24) is 5.32 Å². The zero-order chi connectivity index (χ0) is 12.5. The second-order valence-electron chi connectivity index (χ2n) is 5.94. The van der Waals surface area contributed by atoms with E-state index in [0.717, 1.165) is 32.3 Å². The summed E-state index contributed by atoms with van der Waals surface area (Å²) < 4.78 is 5.35. The SMILES string of the molecule is CC1CCCC(C(=O)NC2(C)CCOC2)C1N. The van der Waals surface area contributed by atoms with Crippen LogP contribution in [0.25, 0.3) is 0 Å². The summed E-state index contributed by atoms with van der Waals surface area (Å²) in [6.07, 6.45) is 4.08. The lowest BCUT2D eigenvalue weighted by atomic mass is 9.77. The highest BCUT2D eigenvalue weighted by atomic mass is 16.5. The Morgan fingerprint density at radius 1 is 1.47 bits per heavy atom. The number of hydrogen-bond donors (Lipinski definition) is 2. The van der Waals surface area contributed by atoms with Crippen LogP contribution in [0.2, 0.25) is 0 Å². The minimum absolute atomic E-state index is 0.00896. The minimum atomic E-state index is -0.183. The number of amides is 1. The summed E-state index contributed by atoms with van der Waals surface area (Å²) in [4.78, 5) is 12.3. The molecule has 4 unspecified atom stereocenters. The predicted octanol–water partition coefficient (Wildman–Crippen LogP) is 1.05. The molecule has 0 aromatic rings. The van der Waals surface area contributed by atoms with Crippen LogP contribution in [-0.2, 0) is 9.53 Å². The fourth-order valence-electron chi connectivity index (χ4n) is 2.90. The molecule has 2 rings (SSSR count). The van der Waals surface area contributed by atoms with Crippen LogP contribution in [0.15, 0.2) is 0 Å². The van der Waals surface area contributed by atoms with Crippen LogP contribution in [-0.4, -0.2) is 30.7 Å². The lowest BCUT2D eigenvalue weighted by Crippen LogP contribution is -2.54. The largest absolute Gasteiger partial charge is 0.379 e. The lowest BCUT2D eigenvalue weighted by molar-refractivity contribution is -0.128. The molecule has 1 saturated heterocycles. The van der Waals surface area contributed by atoms with E-state index in [2.05, 4.69) is 19.2 Å². The molecule has 1 aliphatic heterocycles. The predicted molar refractivity (Wildman–Crippen MR) is 66.5 cm³/mol. The van der Waals surface area contributed by atoms with E-state index in [1.165, 1.54) is 0 Å². The van der Waals surface area contributed by atoms with Gasteiger partial charge in [0, 0.05) is 12.6 Å². The third-order valence-electron chi connectivity index (χ3n) is 4.28. The monoisotopic (exact) mass is 240 g/mol. The van der Waals surface area contributed by atoms with Gasteiger partial charge in [-0.3, -0.25) is 4.79 Å². The third kappa shape index (κ3) is 2.80. The number of nitrogens with two attached hydrogens (primary N) is 1. The quantitative estimate of drug-likeness (QED) is 0.758. The highest BCUT2D eigenvalue weighted by Gasteiger charge is 2.37. The van der Waals surface area contributed by atoms with E-state index in [4.69, 9.17) is 10.5 Å². The van der Waals surface area contributed by atoms with Crippen molar-refractivity contribution in [2.24, 2.45) is 17.6 Å². The van der Waals surface area contributed by atoms with Crippen LogP contribution in [0.1, 0.15) is 39.5 Å². The summed E-state index contributed by atoms with van der Waals surface area (Å²) in [6.45, 7) is 5.56. The van der Waals surface area contributed by atoms with E-state index in [-0.39, 0.29) is 23.4 Å². The van der Waals surface area contributed by atoms with Crippen LogP contribution in [0.4, 0.5) is 0 Å². The summed E-state index contributed by atoms with van der Waals surface area (Å²) in [6, 6.07) is 0.00896. The smallest absolute Gasteiger partial charge is 0.225 e. The van der Waals surface area contributed by atoms with Crippen molar-refractivity contribution in [3.8, 4) is 0 Å². The number of carbonyl (C=O) groups is 1. The number of carbonyl (C=O) groups excluding carboxylic acids is 1. The molecule has 2 fully saturated rings. The Balaban J connectivity index is 1.95. The molecule has 1 amide bonds. The molecule has 0 aromatic carbocycles. The van der Waals surface area contributed by atoms with Crippen molar-refractivity contribution in [3.05, 3.63) is 0 Å². The third-order valence-corrected chi connectivity index (χ3v) is 4.28. The highest BCUT2D eigenvalue weighted by Crippen LogP contribution is 2.29. The standard InChI is InChI=1S/C13H24N2O2/c1-9-4-3-5-10(11(9)14)12(16)15-13(2)6-7-17-8-13/h9-11H,3-8,14H2,1-2H3,(H,15,16). The second-order valence-corrected chi connectivity index (χ2v) is 5.94. The first kappa shape index (κ1) is 12.8. The van der Waals surface area contributed by atoms with E-state index in [1.807, 2.05) is 0 Å². The Morgan fingerprint density at radius 2 is 2.24 bits per heavy atom. The molecule has 4 heteroatoms. The maximum atomic E-state index is 12.3. The Hall–Kier alpha value is -0.610. The maximum Gasteiger partial charge on any atom is 0.225 e. The van der Waals surface area contributed by atoms with Gasteiger partial charge in [-0.15, -0.1) is 0 Å². The van der Waals surface area contributed by atoms with Crippen molar-refractivity contribution in [1.29, 1.82) is 0 Å². The molecule has 1 aliphatic carbocycles. The summed E-state index contributed by atoms with van der Waals surface area (Å²) >= 11 is 0. The van der Waals surface area contributed by atoms with E-state index in [0.29, 0.717) is 12.5 Å². The minimum Gasteiger partial charge on any atom is -0.379 e. The van der Waals surface area contributed by atoms with Crippen molar-refractivity contribution in [3.63, 3.8) is 0 Å². The zero-order valence-corrected chi connectivity index (χ0v) is 10.9. The average molecular weight is 240 g/mol. The van der Waals surface area contributed by atoms with Crippen molar-refractivity contribution in [2.45, 2.75) is 51.1 Å². The summed E-state index contributed by atoms with van der Waals surface area (Å²) in [5.41, 5.74) is 5.97. The van der Waals surface area contributed by atoms with Gasteiger partial charge in [-0.05, 0) is 32.1 Å². The first-order valence-electron chi connectivity index (χ1n) is 6.67. The number of ether oxygens (including phenoxy) is 1. The molecule has 3 N–H and O–H groups in total. The molecular weight excluding hydrogens is 216 g/mol. The van der Waals surface area contributed by atoms with E-state index in [9.17, 15) is 4.79 Å². The topological polar surface area (TPSA) is 64.3 Å². The normalized spacial score (nSPS) is 42.4. The van der Waals surface area contributed by atoms with Gasteiger partial charge in [0.05, 0.1) is 18.1 Å². The number of nitrogens with one attached hydrogen (secondary N) is 1. The van der Waals surface area contributed by atoms with E-state index >= 15 is 0 Å². The van der Waals surface area contributed by atoms with Gasteiger partial charge in [0.15, 0.2) is 0 Å². The van der Waals surface area contributed by atoms with Crippen molar-refractivity contribution >= 4 is 5.91 Å². The first-order valence-corrected chi connectivity index (χ1v) is 6.67. The van der Waals surface area contributed by atoms with Gasteiger partial charge >= 0.3 is 0 Å². The Labute approximate surface area is 103 Å². The molecule has 4 atom stereocenters. The molecule has 98 valence electrons. The fraction of sp³-hybridized carbons (Fsp3) is 0.923. The van der Waals surface area contributed by atoms with Gasteiger partial charge in [0.2, 0.25) is 5.91 Å². The lowest BCUT2D eigenvalue weighted by Gasteiger charge is -2.35. The second kappa shape index (κ2) is 4.94. The van der Waals surface area contributed by atoms with Crippen LogP contribution in [0.5, 0.6) is 0 Å². The molecule has 0 aromatic heterocycles. The van der Waals surface area contributed by atoms with Gasteiger partial charge < -0.3 is 15.8 Å². The van der Waals surface area contributed by atoms with Crippen LogP contribution in [0, 0.1) is 11.8 Å². The Morgan fingerprint density at radius 3 is 2.88 bits per heavy atom. The van der Waals surface area contributed by atoms with Gasteiger partial charge in [-0.1, -0.05) is 13.3 Å². The Bertz CT molecular complexity index is 287. The van der Waals surface area contributed by atoms with Gasteiger partial charge in [-0.25, -0.2) is 0 Å². The van der Waals surface area contributed by atoms with Crippen LogP contribution < -0.4 is 11.1 Å². The first-order chi connectivity index (χ1) is 8.02. The zero-order valence-electron chi connectivity index (χ0n) is 10.9. The number of rotatable bonds is 2. The maximum absolute atomic E-state index is 12.3. The van der Waals surface area contributed by atoms with E-state index < -0.39 is 0 Å². The van der Waals surface area contributed by atoms with Gasteiger partial charge in [-0.2, -0.15) is 0 Å². The van der Waals surface area contributed by atoms with Crippen LogP contribution >= 0.6 is 0 Å². The van der Waals surface area contributed by atoms with Crippen LogP contribution in [0.3, 0.4) is 0 Å². The molecule has 4 nitrogen and oxygen atoms in total. The van der Waals surface area contributed by atoms with Crippen molar-refractivity contribution < 1.29 is 9.53 Å². The van der Waals surface area contributed by atoms with Crippen molar-refractivity contribution in [2.75, 3.05) is 13.2 Å². The van der Waals surface area contributed by atoms with Gasteiger partial charge in [0.25, 0.3) is 0 Å². The molecule has 0 spiro atoms. The molecule has 0 bridgehead atoms. The fourth-order valence-corrected chi connectivity index (χ4v) is 2.90. The van der Waals surface area contributed by atoms with E-state index in [1.54, 1.807) is 0 Å². The molecule has 0 radical (unpaired) electrons. The molecule has 1 saturated carbocycles. The average Bonchev–Trinajstić information content (AvgIpc) is 2.68. The molecule has 1 heterocycles. The summed E-state index contributed by atoms with van der Waals surface area (Å²) in [7, 11) is 0. The molecule has 17 heavy (non-hydrogen) atoms. The van der Waals surface area contributed by atoms with Gasteiger partial charge in [0.1, 0.15) is 0 Å².